The predicted octanol–water partition coefficient (Wildman–Crippen LogP) is 4.28. The van der Waals surface area contributed by atoms with Crippen LogP contribution < -0.4 is 25.5 Å². The predicted molar refractivity (Wildman–Crippen MR) is 151 cm³/mol. The van der Waals surface area contributed by atoms with Gasteiger partial charge in [0.05, 0.1) is 25.5 Å². The van der Waals surface area contributed by atoms with Crippen LogP contribution in [0.15, 0.2) is 57.9 Å². The molecule has 1 heterocycles. The molecule has 0 fully saturated rings. The summed E-state index contributed by atoms with van der Waals surface area (Å²) < 4.78 is 21.0. The number of ether oxygens (including phenoxy) is 3. The van der Waals surface area contributed by atoms with E-state index < -0.39 is 34.7 Å². The number of likely N-dealkylation sites (N-methyl/N-ethyl adjacent to an activating group) is 1. The lowest BCUT2D eigenvalue weighted by molar-refractivity contribution is 0.0300. The number of nitrogens with zero attached hydrogens (tertiary/aromatic N) is 1. The molecule has 1 aromatic heterocycles. The highest BCUT2D eigenvalue weighted by atomic mass is 16.6. The van der Waals surface area contributed by atoms with Crippen molar-refractivity contribution in [3.8, 4) is 17.2 Å². The highest BCUT2D eigenvalue weighted by Crippen LogP contribution is 2.34. The number of amides is 3. The third-order valence-corrected chi connectivity index (χ3v) is 5.71. The molecule has 218 valence electrons. The van der Waals surface area contributed by atoms with E-state index in [1.807, 2.05) is 12.1 Å². The van der Waals surface area contributed by atoms with Gasteiger partial charge >= 0.3 is 6.09 Å². The van der Waals surface area contributed by atoms with Crippen LogP contribution in [-0.4, -0.2) is 61.3 Å². The second kappa shape index (κ2) is 12.9. The van der Waals surface area contributed by atoms with E-state index in [4.69, 9.17) is 18.6 Å². The Kier molecular flexibility index (Phi) is 9.61. The summed E-state index contributed by atoms with van der Waals surface area (Å²) in [5.41, 5.74) is 0.140. The van der Waals surface area contributed by atoms with E-state index >= 15 is 0 Å². The van der Waals surface area contributed by atoms with Gasteiger partial charge in [-0.05, 0) is 51.0 Å². The van der Waals surface area contributed by atoms with Crippen LogP contribution in [0.2, 0.25) is 0 Å². The zero-order valence-corrected chi connectivity index (χ0v) is 23.7. The van der Waals surface area contributed by atoms with Crippen LogP contribution in [0.4, 0.5) is 16.2 Å². The first-order chi connectivity index (χ1) is 19.3. The van der Waals surface area contributed by atoms with Crippen molar-refractivity contribution in [3.05, 3.63) is 75.8 Å². The molecule has 0 atom stereocenters. The number of carbonyl (C=O) groups excluding carboxylic acids is 3. The van der Waals surface area contributed by atoms with Crippen LogP contribution in [0.5, 0.6) is 17.2 Å². The molecule has 41 heavy (non-hydrogen) atoms. The maximum absolute atomic E-state index is 13.3. The molecule has 3 N–H and O–H groups in total. The van der Waals surface area contributed by atoms with Gasteiger partial charge in [0.15, 0.2) is 23.0 Å². The monoisotopic (exact) mass is 567 g/mol. The van der Waals surface area contributed by atoms with Crippen molar-refractivity contribution in [1.82, 2.24) is 4.90 Å². The van der Waals surface area contributed by atoms with Crippen LogP contribution in [0, 0.1) is 0 Å². The molecule has 0 spiro atoms. The molecule has 0 aliphatic carbocycles. The lowest BCUT2D eigenvalue weighted by Gasteiger charge is -2.24. The number of methoxy groups -OCH3 is 2. The number of hydrogen-bond donors (Lipinski definition) is 3. The van der Waals surface area contributed by atoms with Gasteiger partial charge < -0.3 is 39.3 Å². The van der Waals surface area contributed by atoms with E-state index in [1.54, 1.807) is 40.0 Å². The summed E-state index contributed by atoms with van der Waals surface area (Å²) in [4.78, 5) is 51.4. The van der Waals surface area contributed by atoms with E-state index in [0.717, 1.165) is 17.9 Å². The molecule has 0 unspecified atom stereocenters. The van der Waals surface area contributed by atoms with E-state index in [9.17, 15) is 24.3 Å². The Labute approximate surface area is 236 Å². The maximum Gasteiger partial charge on any atom is 0.410 e. The Morgan fingerprint density at radius 3 is 2.17 bits per heavy atom. The molecular formula is C29H33N3O9. The van der Waals surface area contributed by atoms with Crippen LogP contribution in [0.3, 0.4) is 0 Å². The summed E-state index contributed by atoms with van der Waals surface area (Å²) in [5, 5.41) is 14.7. The van der Waals surface area contributed by atoms with Gasteiger partial charge in [0, 0.05) is 31.4 Å². The molecule has 0 aliphatic heterocycles. The number of anilines is 2. The molecule has 0 radical (unpaired) electrons. The van der Waals surface area contributed by atoms with E-state index in [0.29, 0.717) is 18.7 Å². The second-order valence-corrected chi connectivity index (χ2v) is 10.0. The van der Waals surface area contributed by atoms with Crippen molar-refractivity contribution in [2.75, 3.05) is 38.4 Å². The number of rotatable bonds is 9. The van der Waals surface area contributed by atoms with Crippen molar-refractivity contribution in [2.24, 2.45) is 0 Å². The van der Waals surface area contributed by atoms with Gasteiger partial charge in [0.2, 0.25) is 5.43 Å². The molecule has 3 amide bonds. The number of nitrogens with one attached hydrogen (secondary N) is 2. The standard InChI is InChI=1S/C29H33N3O9/c1-29(2,3)41-28(37)32(4)12-11-17-7-9-18(10-8-17)30-26(35)19-13-23(38-5)24(39-6)14-20(19)31-27(36)25-15-21(33)22(34)16-40-25/h7-10,13-16,34H,11-12H2,1-6H3,(H,30,35)(H,31,36). The molecule has 0 saturated heterocycles. The average molecular weight is 568 g/mol. The summed E-state index contributed by atoms with van der Waals surface area (Å²) in [6, 6.07) is 10.7. The zero-order valence-electron chi connectivity index (χ0n) is 23.7. The van der Waals surface area contributed by atoms with Gasteiger partial charge in [-0.3, -0.25) is 14.4 Å². The molecule has 2 aromatic carbocycles. The van der Waals surface area contributed by atoms with E-state index in [-0.39, 0.29) is 28.5 Å². The first-order valence-corrected chi connectivity index (χ1v) is 12.5. The first-order valence-electron chi connectivity index (χ1n) is 12.5. The van der Waals surface area contributed by atoms with E-state index in [2.05, 4.69) is 10.6 Å². The molecule has 12 heteroatoms. The van der Waals surface area contributed by atoms with Gasteiger partial charge in [-0.2, -0.15) is 0 Å². The fourth-order valence-electron chi connectivity index (χ4n) is 3.56. The minimum absolute atomic E-state index is 0.0418. The summed E-state index contributed by atoms with van der Waals surface area (Å²) in [6.45, 7) is 5.86. The summed E-state index contributed by atoms with van der Waals surface area (Å²) >= 11 is 0. The van der Waals surface area contributed by atoms with E-state index in [1.165, 1.54) is 31.3 Å². The van der Waals surface area contributed by atoms with Crippen molar-refractivity contribution < 1.29 is 38.1 Å². The summed E-state index contributed by atoms with van der Waals surface area (Å²) in [5.74, 6) is -1.92. The van der Waals surface area contributed by atoms with Gasteiger partial charge in [-0.25, -0.2) is 4.79 Å². The molecule has 3 aromatic rings. The third-order valence-electron chi connectivity index (χ3n) is 5.71. The smallest absolute Gasteiger partial charge is 0.410 e. The van der Waals surface area contributed by atoms with Crippen LogP contribution in [-0.2, 0) is 11.2 Å². The average Bonchev–Trinajstić information content (AvgIpc) is 2.92. The Hall–Kier alpha value is -5.00. The molecule has 3 rings (SSSR count). The van der Waals surface area contributed by atoms with Crippen LogP contribution in [0.1, 0.15) is 47.2 Å². The molecule has 0 aliphatic rings. The molecule has 0 saturated carbocycles. The van der Waals surface area contributed by atoms with Crippen molar-refractivity contribution in [3.63, 3.8) is 0 Å². The highest BCUT2D eigenvalue weighted by molar-refractivity contribution is 6.12. The highest BCUT2D eigenvalue weighted by Gasteiger charge is 2.22. The Bertz CT molecular complexity index is 1470. The first kappa shape index (κ1) is 30.5. The van der Waals surface area contributed by atoms with Crippen molar-refractivity contribution >= 4 is 29.3 Å². The third kappa shape index (κ3) is 8.24. The molecular weight excluding hydrogens is 534 g/mol. The fourth-order valence-corrected chi connectivity index (χ4v) is 3.56. The molecule has 0 bridgehead atoms. The Balaban J connectivity index is 1.76. The summed E-state index contributed by atoms with van der Waals surface area (Å²) in [7, 11) is 4.47. The lowest BCUT2D eigenvalue weighted by atomic mass is 10.1. The molecule has 12 nitrogen and oxygen atoms in total. The van der Waals surface area contributed by atoms with Crippen LogP contribution >= 0.6 is 0 Å². The minimum Gasteiger partial charge on any atom is -0.502 e. The zero-order chi connectivity index (χ0) is 30.3. The number of aromatic hydroxyl groups is 1. The van der Waals surface area contributed by atoms with Crippen molar-refractivity contribution in [2.45, 2.75) is 32.8 Å². The van der Waals surface area contributed by atoms with Crippen molar-refractivity contribution in [1.29, 1.82) is 0 Å². The number of hydrogen-bond acceptors (Lipinski definition) is 9. The maximum atomic E-state index is 13.3. The SMILES string of the molecule is COc1cc(NC(=O)c2cc(=O)c(O)co2)c(C(=O)Nc2ccc(CCN(C)C(=O)OC(C)(C)C)cc2)cc1OC. The number of benzene rings is 2. The minimum atomic E-state index is -0.830. The largest absolute Gasteiger partial charge is 0.502 e. The Morgan fingerprint density at radius 1 is 0.951 bits per heavy atom. The van der Waals surface area contributed by atoms with Gasteiger partial charge in [0.1, 0.15) is 11.9 Å². The van der Waals surface area contributed by atoms with Gasteiger partial charge in [-0.1, -0.05) is 12.1 Å². The van der Waals surface area contributed by atoms with Crippen LogP contribution in [0.25, 0.3) is 0 Å². The number of carbonyl (C=O) groups is 3. The van der Waals surface area contributed by atoms with Gasteiger partial charge in [-0.15, -0.1) is 0 Å². The fraction of sp³-hybridized carbons (Fsp3) is 0.310. The quantitative estimate of drug-likeness (QED) is 0.343. The normalized spacial score (nSPS) is 10.9. The lowest BCUT2D eigenvalue weighted by Crippen LogP contribution is -2.35. The second-order valence-electron chi connectivity index (χ2n) is 10.0. The Morgan fingerprint density at radius 2 is 1.59 bits per heavy atom. The topological polar surface area (TPSA) is 157 Å². The van der Waals surface area contributed by atoms with Gasteiger partial charge in [0.25, 0.3) is 11.8 Å². The summed E-state index contributed by atoms with van der Waals surface area (Å²) in [6.07, 6.45) is 0.911.